The van der Waals surface area contributed by atoms with Crippen LogP contribution in [0, 0.1) is 5.92 Å². The Hall–Kier alpha value is -2.21. The maximum Gasteiger partial charge on any atom is 0.242 e. The van der Waals surface area contributed by atoms with Gasteiger partial charge in [-0.2, -0.15) is 0 Å². The topological polar surface area (TPSA) is 236 Å². The van der Waals surface area contributed by atoms with Crippen LogP contribution >= 0.6 is 0 Å². The number of aliphatic hydroxyl groups is 1. The van der Waals surface area contributed by atoms with Gasteiger partial charge in [-0.1, -0.05) is 0 Å². The van der Waals surface area contributed by atoms with Crippen LogP contribution in [0.4, 0.5) is 5.69 Å². The molecular formula is C16H27N9O5S2. The fourth-order valence-electron chi connectivity index (χ4n) is 3.58. The van der Waals surface area contributed by atoms with E-state index in [9.17, 15) is 21.9 Å². The number of primary sulfonamides is 1. The van der Waals surface area contributed by atoms with E-state index in [1.807, 2.05) is 4.90 Å². The summed E-state index contributed by atoms with van der Waals surface area (Å²) in [5.41, 5.74) is 11.4. The van der Waals surface area contributed by atoms with E-state index < -0.39 is 42.5 Å². The lowest BCUT2D eigenvalue weighted by atomic mass is 9.96. The van der Waals surface area contributed by atoms with Crippen molar-refractivity contribution in [3.63, 3.8) is 0 Å². The number of tetrazole rings is 1. The van der Waals surface area contributed by atoms with E-state index in [1.54, 1.807) is 0 Å². The second kappa shape index (κ2) is 9.74. The average Bonchev–Trinajstić information content (AvgIpc) is 3.30. The van der Waals surface area contributed by atoms with E-state index >= 15 is 0 Å². The number of nitrogens with two attached hydrogens (primary N) is 3. The molecule has 2 heterocycles. The number of rotatable bonds is 9. The van der Waals surface area contributed by atoms with Crippen LogP contribution in [0.3, 0.4) is 0 Å². The number of aliphatic hydroxyl groups excluding tert-OH is 1. The molecule has 1 aliphatic heterocycles. The lowest BCUT2D eigenvalue weighted by Crippen LogP contribution is -2.38. The molecule has 14 nitrogen and oxygen atoms in total. The third-order valence-electron chi connectivity index (χ3n) is 5.33. The summed E-state index contributed by atoms with van der Waals surface area (Å²) >= 11 is 0. The minimum absolute atomic E-state index is 0.0500. The van der Waals surface area contributed by atoms with Gasteiger partial charge >= 0.3 is 0 Å². The van der Waals surface area contributed by atoms with Crippen molar-refractivity contribution in [1.82, 2.24) is 25.3 Å². The molecule has 1 aromatic heterocycles. The van der Waals surface area contributed by atoms with Crippen molar-refractivity contribution in [2.24, 2.45) is 22.5 Å². The van der Waals surface area contributed by atoms with Gasteiger partial charge < -0.3 is 21.5 Å². The van der Waals surface area contributed by atoms with Gasteiger partial charge in [0.25, 0.3) is 0 Å². The lowest BCUT2D eigenvalue weighted by molar-refractivity contribution is 0.186. The summed E-state index contributed by atoms with van der Waals surface area (Å²) in [6.45, 7) is 1.11. The van der Waals surface area contributed by atoms with Crippen LogP contribution < -0.4 is 26.2 Å². The first-order valence-corrected chi connectivity index (χ1v) is 12.9. The van der Waals surface area contributed by atoms with Crippen molar-refractivity contribution in [1.29, 1.82) is 0 Å². The molecule has 1 aliphatic rings. The van der Waals surface area contributed by atoms with E-state index in [0.717, 1.165) is 18.9 Å². The number of nitrogens with one attached hydrogen (secondary N) is 2. The Bertz CT molecular complexity index is 1130. The van der Waals surface area contributed by atoms with Gasteiger partial charge in [-0.05, 0) is 47.9 Å². The molecule has 1 fully saturated rings. The molecule has 9 N–H and O–H groups in total. The first-order chi connectivity index (χ1) is 15.1. The fourth-order valence-corrected chi connectivity index (χ4v) is 6.25. The van der Waals surface area contributed by atoms with Crippen LogP contribution in [0.1, 0.15) is 12.8 Å². The summed E-state index contributed by atoms with van der Waals surface area (Å²) < 4.78 is 53.3. The summed E-state index contributed by atoms with van der Waals surface area (Å²) in [6, 6.07) is 2.65. The molecule has 0 bridgehead atoms. The van der Waals surface area contributed by atoms with Crippen molar-refractivity contribution in [2.45, 2.75) is 28.7 Å². The highest BCUT2D eigenvalue weighted by Crippen LogP contribution is 2.39. The maximum absolute atomic E-state index is 12.9. The maximum atomic E-state index is 12.9. The molecule has 1 saturated heterocycles. The molecule has 0 aliphatic carbocycles. The second-order valence-corrected chi connectivity index (χ2v) is 10.7. The summed E-state index contributed by atoms with van der Waals surface area (Å²) in [7, 11) is -8.96. The Labute approximate surface area is 185 Å². The van der Waals surface area contributed by atoms with E-state index in [4.69, 9.17) is 16.6 Å². The Balaban J connectivity index is 2.18. The van der Waals surface area contributed by atoms with Crippen LogP contribution in [0.25, 0.3) is 11.4 Å². The van der Waals surface area contributed by atoms with Gasteiger partial charge in [0, 0.05) is 31.9 Å². The van der Waals surface area contributed by atoms with Crippen molar-refractivity contribution in [2.75, 3.05) is 37.6 Å². The number of nitrogens with zero attached hydrogens (tertiary/aromatic N) is 4. The third-order valence-corrected chi connectivity index (χ3v) is 7.91. The SMILES string of the molecule is NCC(O)CNS(=O)(=O)c1ccc(N2CCC(CN)CC2)c(-c2nnn[nH]2)c1S(N)(=O)=O. The molecule has 3 rings (SSSR count). The molecule has 16 heteroatoms. The number of aromatic amines is 1. The summed E-state index contributed by atoms with van der Waals surface area (Å²) in [4.78, 5) is 0.682. The van der Waals surface area contributed by atoms with Crippen LogP contribution in [-0.2, 0) is 20.0 Å². The average molecular weight is 490 g/mol. The summed E-state index contributed by atoms with van der Waals surface area (Å²) in [5.74, 6) is 0.293. The van der Waals surface area contributed by atoms with Crippen molar-refractivity contribution in [3.05, 3.63) is 12.1 Å². The van der Waals surface area contributed by atoms with Crippen LogP contribution in [0.15, 0.2) is 21.9 Å². The van der Waals surface area contributed by atoms with Crippen LogP contribution in [0.2, 0.25) is 0 Å². The number of hydrogen-bond donors (Lipinski definition) is 6. The van der Waals surface area contributed by atoms with Crippen molar-refractivity contribution < 1.29 is 21.9 Å². The smallest absolute Gasteiger partial charge is 0.242 e. The number of benzene rings is 1. The van der Waals surface area contributed by atoms with Crippen LogP contribution in [0.5, 0.6) is 0 Å². The van der Waals surface area contributed by atoms with Gasteiger partial charge in [0.05, 0.1) is 11.7 Å². The van der Waals surface area contributed by atoms with E-state index in [0.29, 0.717) is 31.2 Å². The molecule has 178 valence electrons. The molecule has 0 amide bonds. The highest BCUT2D eigenvalue weighted by molar-refractivity contribution is 7.92. The third kappa shape index (κ3) is 5.22. The van der Waals surface area contributed by atoms with Crippen molar-refractivity contribution >= 4 is 25.7 Å². The highest BCUT2D eigenvalue weighted by atomic mass is 32.2. The molecular weight excluding hydrogens is 462 g/mol. The van der Waals surface area contributed by atoms with Gasteiger partial charge in [-0.15, -0.1) is 5.10 Å². The van der Waals surface area contributed by atoms with E-state index in [-0.39, 0.29) is 17.9 Å². The standard InChI is InChI=1S/C16H27N9O5S2/c17-7-10-3-5-25(6-4-10)12-1-2-13(32(29,30)20-9-11(26)8-18)15(31(19,27)28)14(12)16-21-23-24-22-16/h1-2,10-11,20,26H,3-9,17-18H2,(H2,19,27,28)(H,21,22,23,24). The Kier molecular flexibility index (Phi) is 7.43. The predicted octanol–water partition coefficient (Wildman–Crippen LogP) is -2.71. The molecule has 0 radical (unpaired) electrons. The minimum atomic E-state index is -4.56. The van der Waals surface area contributed by atoms with E-state index in [1.165, 1.54) is 6.07 Å². The largest absolute Gasteiger partial charge is 0.390 e. The molecule has 1 aromatic carbocycles. The molecule has 0 spiro atoms. The number of piperidine rings is 1. The molecule has 1 atom stereocenters. The summed E-state index contributed by atoms with van der Waals surface area (Å²) in [5, 5.41) is 28.4. The number of H-pyrrole nitrogens is 1. The van der Waals surface area contributed by atoms with Gasteiger partial charge in [0.2, 0.25) is 20.0 Å². The first-order valence-electron chi connectivity index (χ1n) is 9.85. The number of sulfonamides is 2. The number of hydrogen-bond acceptors (Lipinski definition) is 11. The van der Waals surface area contributed by atoms with Gasteiger partial charge in [-0.3, -0.25) is 0 Å². The fraction of sp³-hybridized carbons (Fsp3) is 0.562. The zero-order chi connectivity index (χ0) is 23.5. The highest BCUT2D eigenvalue weighted by Gasteiger charge is 2.33. The lowest BCUT2D eigenvalue weighted by Gasteiger charge is -2.34. The molecule has 2 aromatic rings. The molecule has 32 heavy (non-hydrogen) atoms. The monoisotopic (exact) mass is 489 g/mol. The Morgan fingerprint density at radius 1 is 1.22 bits per heavy atom. The second-order valence-electron chi connectivity index (χ2n) is 7.49. The molecule has 1 unspecified atom stereocenters. The zero-order valence-electron chi connectivity index (χ0n) is 17.2. The zero-order valence-corrected chi connectivity index (χ0v) is 18.8. The van der Waals surface area contributed by atoms with Crippen LogP contribution in [-0.4, -0.2) is 81.4 Å². The number of aromatic nitrogens is 4. The summed E-state index contributed by atoms with van der Waals surface area (Å²) in [6.07, 6.45) is 0.422. The Morgan fingerprint density at radius 2 is 1.91 bits per heavy atom. The quantitative estimate of drug-likeness (QED) is 0.212. The number of anilines is 1. The van der Waals surface area contributed by atoms with Crippen molar-refractivity contribution in [3.8, 4) is 11.4 Å². The first kappa shape index (κ1) is 24.4. The minimum Gasteiger partial charge on any atom is -0.390 e. The molecule has 0 saturated carbocycles. The van der Waals surface area contributed by atoms with Gasteiger partial charge in [0.15, 0.2) is 5.82 Å². The van der Waals surface area contributed by atoms with Gasteiger partial charge in [0.1, 0.15) is 9.79 Å². The normalized spacial score (nSPS) is 16.9. The van der Waals surface area contributed by atoms with Gasteiger partial charge in [-0.25, -0.2) is 31.8 Å². The van der Waals surface area contributed by atoms with E-state index in [2.05, 4.69) is 25.3 Å². The Morgan fingerprint density at radius 3 is 2.44 bits per heavy atom. The predicted molar refractivity (Wildman–Crippen MR) is 115 cm³/mol.